The van der Waals surface area contributed by atoms with Crippen LogP contribution in [0.4, 0.5) is 0 Å². The molecule has 1 heterocycles. The van der Waals surface area contributed by atoms with Gasteiger partial charge in [0.15, 0.2) is 5.58 Å². The van der Waals surface area contributed by atoms with Gasteiger partial charge in [-0.05, 0) is 26.0 Å². The molecule has 4 heteroatoms. The second-order valence-corrected chi connectivity index (χ2v) is 3.56. The summed E-state index contributed by atoms with van der Waals surface area (Å²) in [7, 11) is 1.91. The number of aryl methyl sites for hydroxylation is 1. The quantitative estimate of drug-likeness (QED) is 0.516. The van der Waals surface area contributed by atoms with E-state index in [-0.39, 0.29) is 0 Å². The fourth-order valence-corrected chi connectivity index (χ4v) is 1.32. The molecular weight excluding hydrogens is 190 g/mol. The zero-order valence-corrected chi connectivity index (χ0v) is 9.06. The Morgan fingerprint density at radius 3 is 2.67 bits per heavy atom. The second-order valence-electron chi connectivity index (χ2n) is 3.56. The summed E-state index contributed by atoms with van der Waals surface area (Å²) in [6.07, 6.45) is 0. The molecule has 2 aromatic rings. The third-order valence-electron chi connectivity index (χ3n) is 2.05. The van der Waals surface area contributed by atoms with Gasteiger partial charge in [0.05, 0.1) is 5.52 Å². The molecule has 0 aliphatic heterocycles. The molecule has 0 aliphatic rings. The van der Waals surface area contributed by atoms with Gasteiger partial charge >= 0.3 is 5.68 Å². The number of rotatable bonds is 1. The molecule has 1 aromatic heterocycles. The first-order valence-corrected chi connectivity index (χ1v) is 4.78. The first-order chi connectivity index (χ1) is 7.18. The minimum absolute atomic E-state index is 0.511. The number of hydrogen-bond acceptors (Lipinski definition) is 3. The van der Waals surface area contributed by atoms with E-state index in [1.165, 1.54) is 0 Å². The van der Waals surface area contributed by atoms with Crippen molar-refractivity contribution in [2.75, 3.05) is 0 Å². The molecule has 0 saturated carbocycles. The Hall–Kier alpha value is -1.84. The Balaban J connectivity index is 2.68. The van der Waals surface area contributed by atoms with Crippen molar-refractivity contribution < 1.29 is 4.42 Å². The molecule has 0 atom stereocenters. The molecule has 0 unspecified atom stereocenters. The van der Waals surface area contributed by atoms with Crippen molar-refractivity contribution >= 4 is 16.8 Å². The maximum absolute atomic E-state index is 5.54. The van der Waals surface area contributed by atoms with E-state index in [2.05, 4.69) is 10.2 Å². The fraction of sp³-hybridized carbons (Fsp3) is 0.273. The summed E-state index contributed by atoms with van der Waals surface area (Å²) in [5.74, 6) is 0. The van der Waals surface area contributed by atoms with Crippen LogP contribution in [0.15, 0.2) is 38.9 Å². The number of oxazole rings is 1. The van der Waals surface area contributed by atoms with Crippen LogP contribution in [0, 0.1) is 0 Å². The molecule has 0 spiro atoms. The maximum atomic E-state index is 5.54. The molecular formula is C11H13N3O. The zero-order chi connectivity index (χ0) is 10.8. The van der Waals surface area contributed by atoms with E-state index in [0.717, 1.165) is 16.8 Å². The monoisotopic (exact) mass is 203 g/mol. The Morgan fingerprint density at radius 2 is 2.00 bits per heavy atom. The summed E-state index contributed by atoms with van der Waals surface area (Å²) in [6.45, 7) is 3.79. The topological polar surface area (TPSA) is 42.8 Å². The maximum Gasteiger partial charge on any atom is 0.321 e. The van der Waals surface area contributed by atoms with Gasteiger partial charge in [-0.2, -0.15) is 5.10 Å². The van der Waals surface area contributed by atoms with Gasteiger partial charge in [-0.1, -0.05) is 17.2 Å². The highest BCUT2D eigenvalue weighted by Gasteiger charge is 2.01. The average molecular weight is 203 g/mol. The summed E-state index contributed by atoms with van der Waals surface area (Å²) >= 11 is 0. The van der Waals surface area contributed by atoms with Crippen molar-refractivity contribution in [2.24, 2.45) is 17.3 Å². The lowest BCUT2D eigenvalue weighted by atomic mass is 10.3. The normalized spacial score (nSPS) is 12.1. The number of nitrogens with zero attached hydrogens (tertiary/aromatic N) is 3. The molecule has 4 nitrogen and oxygen atoms in total. The van der Waals surface area contributed by atoms with Crippen LogP contribution in [0.2, 0.25) is 0 Å². The summed E-state index contributed by atoms with van der Waals surface area (Å²) in [4.78, 5) is 0. The van der Waals surface area contributed by atoms with Crippen LogP contribution in [-0.2, 0) is 7.05 Å². The molecule has 0 amide bonds. The lowest BCUT2D eigenvalue weighted by Crippen LogP contribution is -2.11. The molecule has 78 valence electrons. The zero-order valence-electron chi connectivity index (χ0n) is 9.06. The molecule has 0 saturated heterocycles. The number of benzene rings is 1. The Morgan fingerprint density at radius 1 is 1.27 bits per heavy atom. The van der Waals surface area contributed by atoms with E-state index >= 15 is 0 Å². The fourth-order valence-electron chi connectivity index (χ4n) is 1.32. The van der Waals surface area contributed by atoms with Crippen LogP contribution >= 0.6 is 0 Å². The first kappa shape index (κ1) is 9.71. The Bertz CT molecular complexity index is 571. The second kappa shape index (κ2) is 3.73. The van der Waals surface area contributed by atoms with Crippen LogP contribution in [-0.4, -0.2) is 10.3 Å². The number of hydrogen-bond donors (Lipinski definition) is 0. The van der Waals surface area contributed by atoms with Gasteiger partial charge in [0.2, 0.25) is 0 Å². The van der Waals surface area contributed by atoms with E-state index in [9.17, 15) is 0 Å². The van der Waals surface area contributed by atoms with Crippen LogP contribution < -0.4 is 5.68 Å². The minimum atomic E-state index is 0.511. The van der Waals surface area contributed by atoms with Gasteiger partial charge < -0.3 is 4.42 Å². The Labute approximate surface area is 87.6 Å². The SMILES string of the molecule is CC(C)=N/N=c1\oc2ccccc2n1C. The smallest absolute Gasteiger partial charge is 0.321 e. The first-order valence-electron chi connectivity index (χ1n) is 4.78. The van der Waals surface area contributed by atoms with E-state index in [1.54, 1.807) is 0 Å². The van der Waals surface area contributed by atoms with Crippen LogP contribution in [0.3, 0.4) is 0 Å². The van der Waals surface area contributed by atoms with Crippen molar-refractivity contribution in [3.63, 3.8) is 0 Å². The molecule has 0 aliphatic carbocycles. The van der Waals surface area contributed by atoms with Gasteiger partial charge in [-0.3, -0.25) is 4.57 Å². The standard InChI is InChI=1S/C11H13N3O/c1-8(2)12-13-11-14(3)9-6-4-5-7-10(9)15-11/h4-7H,1-3H3/b13-11-. The summed E-state index contributed by atoms with van der Waals surface area (Å²) in [6, 6.07) is 7.80. The summed E-state index contributed by atoms with van der Waals surface area (Å²) in [5, 5.41) is 8.00. The molecule has 15 heavy (non-hydrogen) atoms. The van der Waals surface area contributed by atoms with E-state index in [0.29, 0.717) is 5.68 Å². The van der Waals surface area contributed by atoms with Gasteiger partial charge in [-0.15, -0.1) is 0 Å². The predicted molar refractivity (Wildman–Crippen MR) is 59.5 cm³/mol. The van der Waals surface area contributed by atoms with Crippen LogP contribution in [0.1, 0.15) is 13.8 Å². The summed E-state index contributed by atoms with van der Waals surface area (Å²) in [5.41, 5.74) is 3.25. The van der Waals surface area contributed by atoms with Gasteiger partial charge in [0.1, 0.15) is 0 Å². The molecule has 0 fully saturated rings. The number of aromatic nitrogens is 1. The molecule has 0 bridgehead atoms. The van der Waals surface area contributed by atoms with Crippen LogP contribution in [0.25, 0.3) is 11.1 Å². The van der Waals surface area contributed by atoms with Crippen molar-refractivity contribution in [2.45, 2.75) is 13.8 Å². The summed E-state index contributed by atoms with van der Waals surface area (Å²) < 4.78 is 7.42. The lowest BCUT2D eigenvalue weighted by molar-refractivity contribution is 0.501. The Kier molecular flexibility index (Phi) is 2.41. The number of fused-ring (bicyclic) bond motifs is 1. The van der Waals surface area contributed by atoms with Crippen molar-refractivity contribution in [3.8, 4) is 0 Å². The lowest BCUT2D eigenvalue weighted by Gasteiger charge is -1.89. The highest BCUT2D eigenvalue weighted by molar-refractivity contribution is 5.78. The van der Waals surface area contributed by atoms with Gasteiger partial charge in [-0.25, -0.2) is 0 Å². The van der Waals surface area contributed by atoms with Crippen LogP contribution in [0.5, 0.6) is 0 Å². The third-order valence-corrected chi connectivity index (χ3v) is 2.05. The molecule has 0 N–H and O–H groups in total. The minimum Gasteiger partial charge on any atom is -0.422 e. The van der Waals surface area contributed by atoms with E-state index in [4.69, 9.17) is 4.42 Å². The molecule has 1 aromatic carbocycles. The highest BCUT2D eigenvalue weighted by atomic mass is 16.4. The largest absolute Gasteiger partial charge is 0.422 e. The average Bonchev–Trinajstić information content (AvgIpc) is 2.54. The number of para-hydroxylation sites is 2. The third kappa shape index (κ3) is 1.83. The molecule has 0 radical (unpaired) electrons. The van der Waals surface area contributed by atoms with Crippen molar-refractivity contribution in [1.82, 2.24) is 4.57 Å². The molecule has 2 rings (SSSR count). The van der Waals surface area contributed by atoms with E-state index < -0.39 is 0 Å². The predicted octanol–water partition coefficient (Wildman–Crippen LogP) is 2.07. The highest BCUT2D eigenvalue weighted by Crippen LogP contribution is 2.09. The van der Waals surface area contributed by atoms with E-state index in [1.807, 2.05) is 49.7 Å². The van der Waals surface area contributed by atoms with Gasteiger partial charge in [0.25, 0.3) is 0 Å². The van der Waals surface area contributed by atoms with Gasteiger partial charge in [0, 0.05) is 12.8 Å². The van der Waals surface area contributed by atoms with Crippen molar-refractivity contribution in [1.29, 1.82) is 0 Å². The van der Waals surface area contributed by atoms with Crippen molar-refractivity contribution in [3.05, 3.63) is 29.9 Å².